The van der Waals surface area contributed by atoms with Gasteiger partial charge in [0.05, 0.1) is 24.9 Å². The number of hydrogen-bond donors (Lipinski definition) is 1. The van der Waals surface area contributed by atoms with Crippen LogP contribution in [0.4, 0.5) is 22.0 Å². The van der Waals surface area contributed by atoms with Gasteiger partial charge >= 0.3 is 12.0 Å². The topological polar surface area (TPSA) is 101 Å². The van der Waals surface area contributed by atoms with Crippen LogP contribution in [0.5, 0.6) is 5.75 Å². The van der Waals surface area contributed by atoms with Gasteiger partial charge in [-0.3, -0.25) is 9.69 Å². The van der Waals surface area contributed by atoms with Crippen LogP contribution in [0.1, 0.15) is 59.4 Å². The fourth-order valence-electron chi connectivity index (χ4n) is 5.04. The molecule has 3 aromatic rings. The number of carbonyl (C=O) groups is 2. The van der Waals surface area contributed by atoms with Crippen LogP contribution in [0.2, 0.25) is 0 Å². The zero-order valence-corrected chi connectivity index (χ0v) is 23.9. The number of methoxy groups -OCH3 is 1. The third-order valence-corrected chi connectivity index (χ3v) is 6.88. The monoisotopic (exact) mass is 536 g/mol. The molecule has 4 rings (SSSR count). The van der Waals surface area contributed by atoms with Crippen molar-refractivity contribution in [3.05, 3.63) is 42.4 Å². The van der Waals surface area contributed by atoms with Gasteiger partial charge in [0.2, 0.25) is 0 Å². The summed E-state index contributed by atoms with van der Waals surface area (Å²) in [6, 6.07) is 5.36. The number of esters is 1. The average Bonchev–Trinajstić information content (AvgIpc) is 3.54. The summed E-state index contributed by atoms with van der Waals surface area (Å²) in [6.45, 7) is 12.0. The lowest BCUT2D eigenvalue weighted by Crippen LogP contribution is -2.34. The summed E-state index contributed by atoms with van der Waals surface area (Å²) >= 11 is 0. The molecule has 0 bridgehead atoms. The number of pyridine rings is 2. The van der Waals surface area contributed by atoms with Crippen molar-refractivity contribution in [2.75, 3.05) is 41.9 Å². The smallest absolute Gasteiger partial charge is 0.327 e. The number of carbonyl (C=O) groups excluding carboxylic acids is 2. The van der Waals surface area contributed by atoms with Crippen molar-refractivity contribution < 1.29 is 19.1 Å². The molecule has 4 heterocycles. The number of anilines is 3. The average molecular weight is 537 g/mol. The molecular formula is C29H40N6O4. The van der Waals surface area contributed by atoms with E-state index in [9.17, 15) is 9.59 Å². The highest BCUT2D eigenvalue weighted by Gasteiger charge is 2.31. The molecule has 1 aliphatic heterocycles. The molecule has 0 aliphatic carbocycles. The number of ether oxygens (including phenoxy) is 2. The van der Waals surface area contributed by atoms with Gasteiger partial charge in [-0.25, -0.2) is 14.3 Å². The van der Waals surface area contributed by atoms with Crippen molar-refractivity contribution in [3.63, 3.8) is 0 Å². The molecule has 2 amide bonds. The van der Waals surface area contributed by atoms with Gasteiger partial charge in [0.15, 0.2) is 5.75 Å². The zero-order chi connectivity index (χ0) is 28.2. The molecule has 10 heteroatoms. The maximum Gasteiger partial charge on any atom is 0.327 e. The molecule has 0 spiro atoms. The third kappa shape index (κ3) is 6.26. The van der Waals surface area contributed by atoms with Crippen LogP contribution in [0.25, 0.3) is 5.52 Å². The van der Waals surface area contributed by atoms with Crippen molar-refractivity contribution in [1.82, 2.24) is 14.6 Å². The van der Waals surface area contributed by atoms with Gasteiger partial charge in [-0.1, -0.05) is 13.8 Å². The van der Waals surface area contributed by atoms with E-state index < -0.39 is 5.60 Å². The number of aromatic nitrogens is 3. The first-order chi connectivity index (χ1) is 18.7. The number of nitrogens with zero attached hydrogens (tertiary/aromatic N) is 5. The minimum atomic E-state index is -0.502. The maximum atomic E-state index is 13.4. The Morgan fingerprint density at radius 2 is 1.95 bits per heavy atom. The van der Waals surface area contributed by atoms with Gasteiger partial charge in [0, 0.05) is 43.3 Å². The second-order valence-corrected chi connectivity index (χ2v) is 10.8. The molecule has 0 fully saturated rings. The molecule has 1 aliphatic rings. The lowest BCUT2D eigenvalue weighted by molar-refractivity contribution is -0.160. The van der Waals surface area contributed by atoms with Gasteiger partial charge in [-0.15, -0.1) is 0 Å². The van der Waals surface area contributed by atoms with E-state index in [0.29, 0.717) is 36.6 Å². The van der Waals surface area contributed by atoms with Crippen LogP contribution in [0, 0.1) is 5.92 Å². The summed E-state index contributed by atoms with van der Waals surface area (Å²) in [5.41, 5.74) is 2.95. The van der Waals surface area contributed by atoms with E-state index in [2.05, 4.69) is 27.2 Å². The largest absolute Gasteiger partial charge is 0.492 e. The van der Waals surface area contributed by atoms with E-state index in [1.54, 1.807) is 41.2 Å². The normalized spacial score (nSPS) is 13.7. The van der Waals surface area contributed by atoms with Crippen LogP contribution in [-0.4, -0.2) is 58.9 Å². The molecule has 0 saturated carbocycles. The van der Waals surface area contributed by atoms with Crippen molar-refractivity contribution in [3.8, 4) is 5.75 Å². The third-order valence-electron chi connectivity index (χ3n) is 6.88. The van der Waals surface area contributed by atoms with Crippen molar-refractivity contribution in [2.45, 2.75) is 65.9 Å². The number of nitrogens with one attached hydrogen (secondary N) is 1. The fourth-order valence-corrected chi connectivity index (χ4v) is 5.04. The van der Waals surface area contributed by atoms with E-state index in [0.717, 1.165) is 42.7 Å². The minimum absolute atomic E-state index is 0.145. The van der Waals surface area contributed by atoms with Crippen LogP contribution < -0.4 is 19.9 Å². The SMILES string of the molecule is CCCN(CCC(CC)C(=O)OC(C)(C)C)c1ccnc2c1CCN2C(=O)Nc1ccn2nccc2c1OC. The van der Waals surface area contributed by atoms with E-state index in [1.807, 2.05) is 39.8 Å². The highest BCUT2D eigenvalue weighted by molar-refractivity contribution is 6.04. The number of urea groups is 1. The Hall–Kier alpha value is -3.82. The molecule has 0 aromatic carbocycles. The Kier molecular flexibility index (Phi) is 8.62. The van der Waals surface area contributed by atoms with E-state index in [-0.39, 0.29) is 17.9 Å². The van der Waals surface area contributed by atoms with E-state index in [4.69, 9.17) is 9.47 Å². The molecule has 210 valence electrons. The van der Waals surface area contributed by atoms with Crippen molar-refractivity contribution in [2.24, 2.45) is 5.92 Å². The Morgan fingerprint density at radius 1 is 1.15 bits per heavy atom. The Balaban J connectivity index is 1.52. The number of hydrogen-bond acceptors (Lipinski definition) is 7. The first-order valence-electron chi connectivity index (χ1n) is 13.7. The summed E-state index contributed by atoms with van der Waals surface area (Å²) in [5.74, 6) is 0.904. The molecule has 1 N–H and O–H groups in total. The standard InChI is InChI=1S/C29H40N6O4/c1-7-16-33(17-11-20(8-2)27(36)39-29(3,4)5)23-9-14-30-26-21(23)12-18-34(26)28(37)32-22-13-19-35-24(10-15-31-35)25(22)38-6/h9-10,13-15,19-20H,7-8,11-12,16-18H2,1-6H3,(H,32,37). The highest BCUT2D eigenvalue weighted by atomic mass is 16.6. The van der Waals surface area contributed by atoms with Crippen molar-refractivity contribution >= 4 is 34.7 Å². The highest BCUT2D eigenvalue weighted by Crippen LogP contribution is 2.36. The van der Waals surface area contributed by atoms with Crippen LogP contribution in [0.15, 0.2) is 36.8 Å². The summed E-state index contributed by atoms with van der Waals surface area (Å²) < 4.78 is 12.9. The molecule has 0 saturated heterocycles. The molecule has 39 heavy (non-hydrogen) atoms. The lowest BCUT2D eigenvalue weighted by atomic mass is 10.0. The molecule has 3 aromatic heterocycles. The van der Waals surface area contributed by atoms with Crippen LogP contribution in [0.3, 0.4) is 0 Å². The van der Waals surface area contributed by atoms with Gasteiger partial charge in [0.25, 0.3) is 0 Å². The van der Waals surface area contributed by atoms with Gasteiger partial charge in [-0.2, -0.15) is 5.10 Å². The molecule has 1 atom stereocenters. The maximum absolute atomic E-state index is 13.4. The summed E-state index contributed by atoms with van der Waals surface area (Å²) in [6.07, 6.45) is 8.31. The predicted octanol–water partition coefficient (Wildman–Crippen LogP) is 5.31. The summed E-state index contributed by atoms with van der Waals surface area (Å²) in [5, 5.41) is 7.22. The summed E-state index contributed by atoms with van der Waals surface area (Å²) in [4.78, 5) is 34.7. The molecule has 1 unspecified atom stereocenters. The Morgan fingerprint density at radius 3 is 2.64 bits per heavy atom. The fraction of sp³-hybridized carbons (Fsp3) is 0.517. The second-order valence-electron chi connectivity index (χ2n) is 10.8. The number of fused-ring (bicyclic) bond motifs is 2. The number of amides is 2. The van der Waals surface area contributed by atoms with Gasteiger partial charge in [-0.05, 0) is 64.7 Å². The minimum Gasteiger partial charge on any atom is -0.492 e. The van der Waals surface area contributed by atoms with E-state index in [1.165, 1.54) is 0 Å². The van der Waals surface area contributed by atoms with Crippen LogP contribution >= 0.6 is 0 Å². The second kappa shape index (κ2) is 11.9. The van der Waals surface area contributed by atoms with Crippen LogP contribution in [-0.2, 0) is 16.0 Å². The first-order valence-corrected chi connectivity index (χ1v) is 13.7. The summed E-state index contributed by atoms with van der Waals surface area (Å²) in [7, 11) is 1.57. The van der Waals surface area contributed by atoms with Gasteiger partial charge < -0.3 is 19.7 Å². The predicted molar refractivity (Wildman–Crippen MR) is 153 cm³/mol. The molecule has 0 radical (unpaired) electrons. The molecule has 10 nitrogen and oxygen atoms in total. The van der Waals surface area contributed by atoms with Crippen molar-refractivity contribution in [1.29, 1.82) is 0 Å². The van der Waals surface area contributed by atoms with Gasteiger partial charge in [0.1, 0.15) is 16.9 Å². The molecular weight excluding hydrogens is 496 g/mol. The quantitative estimate of drug-likeness (QED) is 0.351. The van der Waals surface area contributed by atoms with E-state index >= 15 is 0 Å². The first kappa shape index (κ1) is 28.2. The number of rotatable bonds is 10. The lowest BCUT2D eigenvalue weighted by Gasteiger charge is -2.29. The Bertz CT molecular complexity index is 1310. The zero-order valence-electron chi connectivity index (χ0n) is 23.9. The Labute approximate surface area is 230 Å².